The molecule has 28 heavy (non-hydrogen) atoms. The van der Waals surface area contributed by atoms with Crippen molar-refractivity contribution in [2.45, 2.75) is 19.3 Å². The average molecular weight is 391 g/mol. The fraction of sp³-hybridized carbons (Fsp3) is 0.381. The topological polar surface area (TPSA) is 35.6 Å². The van der Waals surface area contributed by atoms with Crippen LogP contribution in [0.2, 0.25) is 0 Å². The molecule has 2 aromatic rings. The number of likely N-dealkylation sites (N-methyl/N-ethyl adjacent to an activating group) is 1. The summed E-state index contributed by atoms with van der Waals surface area (Å²) in [4.78, 5) is 16.9. The molecular formula is C21H24F3N3O. The first-order valence-electron chi connectivity index (χ1n) is 9.25. The molecule has 1 N–H and O–H groups in total. The Labute approximate surface area is 162 Å². The lowest BCUT2D eigenvalue weighted by Gasteiger charge is -2.32. The number of carbonyl (C=O) groups is 1. The molecule has 0 saturated carbocycles. The van der Waals surface area contributed by atoms with Crippen LogP contribution in [0.3, 0.4) is 0 Å². The number of benzene rings is 2. The second-order valence-electron chi connectivity index (χ2n) is 7.16. The Morgan fingerprint density at radius 1 is 1.00 bits per heavy atom. The van der Waals surface area contributed by atoms with Crippen molar-refractivity contribution in [3.63, 3.8) is 0 Å². The number of carbonyl (C=O) groups excluding carboxylic acids is 1. The first kappa shape index (κ1) is 20.4. The van der Waals surface area contributed by atoms with Crippen LogP contribution in [0.25, 0.3) is 0 Å². The van der Waals surface area contributed by atoms with Crippen LogP contribution in [-0.2, 0) is 19.3 Å². The maximum absolute atomic E-state index is 12.8. The van der Waals surface area contributed by atoms with Crippen LogP contribution in [0.15, 0.2) is 48.5 Å². The van der Waals surface area contributed by atoms with Crippen molar-refractivity contribution < 1.29 is 18.0 Å². The van der Waals surface area contributed by atoms with E-state index in [-0.39, 0.29) is 12.1 Å². The standard InChI is InChI=1S/C21H24F3N3O/c1-26-8-10-27(11-9-26)15-17-5-2-4-16(12-17)14-25-20(28)18-6-3-7-19(13-18)21(22,23)24/h2-7,12-13H,8-11,14-15H2,1H3,(H,25,28). The Morgan fingerprint density at radius 2 is 1.68 bits per heavy atom. The van der Waals surface area contributed by atoms with Gasteiger partial charge in [-0.15, -0.1) is 0 Å². The molecule has 7 heteroatoms. The summed E-state index contributed by atoms with van der Waals surface area (Å²) in [6.07, 6.45) is -4.46. The summed E-state index contributed by atoms with van der Waals surface area (Å²) < 4.78 is 38.4. The van der Waals surface area contributed by atoms with Crippen LogP contribution in [0.1, 0.15) is 27.0 Å². The molecule has 0 radical (unpaired) electrons. The van der Waals surface area contributed by atoms with Crippen molar-refractivity contribution in [2.75, 3.05) is 33.2 Å². The highest BCUT2D eigenvalue weighted by molar-refractivity contribution is 5.94. The number of piperazine rings is 1. The van der Waals surface area contributed by atoms with Gasteiger partial charge in [0.05, 0.1) is 5.56 Å². The van der Waals surface area contributed by atoms with E-state index in [2.05, 4.69) is 28.2 Å². The third kappa shape index (κ3) is 5.56. The molecule has 1 fully saturated rings. The Morgan fingerprint density at radius 3 is 2.39 bits per heavy atom. The predicted molar refractivity (Wildman–Crippen MR) is 102 cm³/mol. The molecule has 0 atom stereocenters. The lowest BCUT2D eigenvalue weighted by Crippen LogP contribution is -2.43. The number of nitrogens with zero attached hydrogens (tertiary/aromatic N) is 2. The van der Waals surface area contributed by atoms with Crippen LogP contribution < -0.4 is 5.32 Å². The van der Waals surface area contributed by atoms with E-state index in [1.54, 1.807) is 0 Å². The fourth-order valence-electron chi connectivity index (χ4n) is 3.22. The molecule has 150 valence electrons. The molecule has 1 heterocycles. The van der Waals surface area contributed by atoms with Gasteiger partial charge < -0.3 is 10.2 Å². The number of halogens is 3. The van der Waals surface area contributed by atoms with Gasteiger partial charge in [0.1, 0.15) is 0 Å². The van der Waals surface area contributed by atoms with Crippen LogP contribution >= 0.6 is 0 Å². The van der Waals surface area contributed by atoms with Gasteiger partial charge in [-0.25, -0.2) is 0 Å². The molecule has 0 aliphatic carbocycles. The fourth-order valence-corrected chi connectivity index (χ4v) is 3.22. The Bertz CT molecular complexity index is 815. The average Bonchev–Trinajstić information content (AvgIpc) is 2.68. The van der Waals surface area contributed by atoms with Crippen molar-refractivity contribution in [3.8, 4) is 0 Å². The Kier molecular flexibility index (Phi) is 6.36. The van der Waals surface area contributed by atoms with Gasteiger partial charge in [-0.1, -0.05) is 30.3 Å². The number of nitrogens with one attached hydrogen (secondary N) is 1. The van der Waals surface area contributed by atoms with Gasteiger partial charge in [-0.2, -0.15) is 13.2 Å². The van der Waals surface area contributed by atoms with Crippen LogP contribution in [0.4, 0.5) is 13.2 Å². The maximum atomic E-state index is 12.8. The van der Waals surface area contributed by atoms with Crippen LogP contribution in [0, 0.1) is 0 Å². The first-order valence-corrected chi connectivity index (χ1v) is 9.25. The molecule has 1 amide bonds. The highest BCUT2D eigenvalue weighted by atomic mass is 19.4. The number of hydrogen-bond donors (Lipinski definition) is 1. The third-order valence-electron chi connectivity index (χ3n) is 4.90. The zero-order valence-electron chi connectivity index (χ0n) is 15.8. The number of alkyl halides is 3. The SMILES string of the molecule is CN1CCN(Cc2cccc(CNC(=O)c3cccc(C(F)(F)F)c3)c2)CC1. The zero-order valence-corrected chi connectivity index (χ0v) is 15.8. The highest BCUT2D eigenvalue weighted by Crippen LogP contribution is 2.29. The molecule has 0 aromatic heterocycles. The normalized spacial score (nSPS) is 16.1. The molecule has 1 saturated heterocycles. The molecule has 0 unspecified atom stereocenters. The van der Waals surface area contributed by atoms with Gasteiger partial charge in [0.25, 0.3) is 5.91 Å². The molecule has 2 aromatic carbocycles. The van der Waals surface area contributed by atoms with E-state index in [1.807, 2.05) is 18.2 Å². The highest BCUT2D eigenvalue weighted by Gasteiger charge is 2.30. The van der Waals surface area contributed by atoms with Gasteiger partial charge in [0.15, 0.2) is 0 Å². The zero-order chi connectivity index (χ0) is 20.1. The van der Waals surface area contributed by atoms with Crippen molar-refractivity contribution in [3.05, 3.63) is 70.8 Å². The van der Waals surface area contributed by atoms with Gasteiger partial charge in [0, 0.05) is 44.8 Å². The summed E-state index contributed by atoms with van der Waals surface area (Å²) in [5.41, 5.74) is 1.26. The maximum Gasteiger partial charge on any atom is 0.416 e. The molecule has 1 aliphatic heterocycles. The quantitative estimate of drug-likeness (QED) is 0.849. The summed E-state index contributed by atoms with van der Waals surface area (Å²) in [6, 6.07) is 12.4. The predicted octanol–water partition coefficient (Wildman–Crippen LogP) is 3.38. The largest absolute Gasteiger partial charge is 0.416 e. The smallest absolute Gasteiger partial charge is 0.348 e. The lowest BCUT2D eigenvalue weighted by molar-refractivity contribution is -0.137. The van der Waals surface area contributed by atoms with Crippen molar-refractivity contribution in [2.24, 2.45) is 0 Å². The molecule has 4 nitrogen and oxygen atoms in total. The number of rotatable bonds is 5. The number of hydrogen-bond acceptors (Lipinski definition) is 3. The van der Waals surface area contributed by atoms with E-state index in [4.69, 9.17) is 0 Å². The van der Waals surface area contributed by atoms with Crippen molar-refractivity contribution >= 4 is 5.91 Å². The van der Waals surface area contributed by atoms with Gasteiger partial charge in [-0.3, -0.25) is 9.69 Å². The minimum Gasteiger partial charge on any atom is -0.348 e. The van der Waals surface area contributed by atoms with E-state index in [0.717, 1.165) is 56.0 Å². The Hall–Kier alpha value is -2.38. The van der Waals surface area contributed by atoms with Gasteiger partial charge in [0.2, 0.25) is 0 Å². The van der Waals surface area contributed by atoms with E-state index in [0.29, 0.717) is 0 Å². The van der Waals surface area contributed by atoms with Gasteiger partial charge >= 0.3 is 6.18 Å². The van der Waals surface area contributed by atoms with E-state index in [9.17, 15) is 18.0 Å². The van der Waals surface area contributed by atoms with Crippen molar-refractivity contribution in [1.82, 2.24) is 15.1 Å². The van der Waals surface area contributed by atoms with Crippen LogP contribution in [-0.4, -0.2) is 48.9 Å². The third-order valence-corrected chi connectivity index (χ3v) is 4.90. The Balaban J connectivity index is 1.58. The molecular weight excluding hydrogens is 367 g/mol. The minimum atomic E-state index is -4.46. The molecule has 1 aliphatic rings. The summed E-state index contributed by atoms with van der Waals surface area (Å²) in [5, 5.41) is 2.70. The monoisotopic (exact) mass is 391 g/mol. The van der Waals surface area contributed by atoms with Crippen LogP contribution in [0.5, 0.6) is 0 Å². The van der Waals surface area contributed by atoms with Gasteiger partial charge in [-0.05, 0) is 36.4 Å². The second-order valence-corrected chi connectivity index (χ2v) is 7.16. The van der Waals surface area contributed by atoms with E-state index in [1.165, 1.54) is 12.1 Å². The molecule has 0 spiro atoms. The first-order chi connectivity index (χ1) is 13.3. The lowest BCUT2D eigenvalue weighted by atomic mass is 10.1. The summed E-state index contributed by atoms with van der Waals surface area (Å²) in [6.45, 7) is 5.26. The van der Waals surface area contributed by atoms with Crippen molar-refractivity contribution in [1.29, 1.82) is 0 Å². The summed E-state index contributed by atoms with van der Waals surface area (Å²) in [7, 11) is 2.12. The second kappa shape index (κ2) is 8.75. The van der Waals surface area contributed by atoms with E-state index < -0.39 is 17.6 Å². The number of amides is 1. The molecule has 0 bridgehead atoms. The summed E-state index contributed by atoms with van der Waals surface area (Å²) in [5.74, 6) is -0.518. The minimum absolute atomic E-state index is 0.00316. The van der Waals surface area contributed by atoms with E-state index >= 15 is 0 Å². The summed E-state index contributed by atoms with van der Waals surface area (Å²) >= 11 is 0. The molecule has 3 rings (SSSR count).